The number of rotatable bonds is 3. The van der Waals surface area contributed by atoms with Gasteiger partial charge in [0.15, 0.2) is 5.13 Å². The molecule has 3 heterocycles. The van der Waals surface area contributed by atoms with Gasteiger partial charge >= 0.3 is 0 Å². The third kappa shape index (κ3) is 3.87. The molecule has 7 heteroatoms. The zero-order chi connectivity index (χ0) is 19.9. The number of carbonyl (C=O) groups excluding carboxylic acids is 2. The Morgan fingerprint density at radius 1 is 1.29 bits per heavy atom. The number of hydrogen-bond donors (Lipinski definition) is 1. The lowest BCUT2D eigenvalue weighted by molar-refractivity contribution is -0.119. The number of anilines is 1. The summed E-state index contributed by atoms with van der Waals surface area (Å²) in [5.74, 6) is 0.527. The molecule has 2 aliphatic rings. The Labute approximate surface area is 174 Å². The van der Waals surface area contributed by atoms with E-state index in [4.69, 9.17) is 0 Å². The smallest absolute Gasteiger partial charge is 0.264 e. The van der Waals surface area contributed by atoms with Gasteiger partial charge in [-0.25, -0.2) is 4.98 Å². The molecular formula is C21H27N3O2S2. The summed E-state index contributed by atoms with van der Waals surface area (Å²) in [4.78, 5) is 33.9. The number of likely N-dealkylation sites (tertiary alicyclic amines) is 1. The van der Waals surface area contributed by atoms with Crippen LogP contribution in [0.3, 0.4) is 0 Å². The lowest BCUT2D eigenvalue weighted by atomic mass is 9.72. The first-order chi connectivity index (χ1) is 13.3. The molecule has 2 amide bonds. The van der Waals surface area contributed by atoms with Gasteiger partial charge in [-0.2, -0.15) is 0 Å². The lowest BCUT2D eigenvalue weighted by Gasteiger charge is -2.33. The number of nitrogens with zero attached hydrogens (tertiary/aromatic N) is 2. The van der Waals surface area contributed by atoms with Crippen LogP contribution in [0.4, 0.5) is 5.13 Å². The summed E-state index contributed by atoms with van der Waals surface area (Å²) >= 11 is 3.02. The first kappa shape index (κ1) is 19.6. The monoisotopic (exact) mass is 417 g/mol. The van der Waals surface area contributed by atoms with Crippen molar-refractivity contribution in [3.05, 3.63) is 33.0 Å². The van der Waals surface area contributed by atoms with Crippen molar-refractivity contribution >= 4 is 39.6 Å². The maximum atomic E-state index is 13.2. The summed E-state index contributed by atoms with van der Waals surface area (Å²) in [6.45, 7) is 7.55. The van der Waals surface area contributed by atoms with Crippen molar-refractivity contribution in [3.63, 3.8) is 0 Å². The fourth-order valence-corrected chi connectivity index (χ4v) is 5.96. The summed E-state index contributed by atoms with van der Waals surface area (Å²) < 4.78 is 0. The number of aromatic nitrogens is 1. The van der Waals surface area contributed by atoms with Crippen molar-refractivity contribution < 1.29 is 9.59 Å². The average molecular weight is 418 g/mol. The average Bonchev–Trinajstić information content (AvgIpc) is 3.39. The van der Waals surface area contributed by atoms with Gasteiger partial charge in [-0.1, -0.05) is 20.8 Å². The number of amides is 2. The normalized spacial score (nSPS) is 22.2. The van der Waals surface area contributed by atoms with E-state index in [-0.39, 0.29) is 17.2 Å². The Hall–Kier alpha value is -1.73. The van der Waals surface area contributed by atoms with Crippen molar-refractivity contribution in [2.45, 2.75) is 58.9 Å². The minimum Gasteiger partial charge on any atom is -0.326 e. The van der Waals surface area contributed by atoms with Crippen molar-refractivity contribution in [1.29, 1.82) is 0 Å². The number of thiophene rings is 1. The second-order valence-electron chi connectivity index (χ2n) is 8.85. The highest BCUT2D eigenvalue weighted by atomic mass is 32.1. The SMILES string of the molecule is CC(C)(C)[C@H]1CCc2sc(C(=O)N3CCC[C@H]3C(=O)Nc3nccs3)cc2C1. The Morgan fingerprint density at radius 2 is 2.11 bits per heavy atom. The van der Waals surface area contributed by atoms with E-state index in [0.717, 1.165) is 24.1 Å². The minimum atomic E-state index is -0.405. The molecule has 0 spiro atoms. The molecule has 1 N–H and O–H groups in total. The van der Waals surface area contributed by atoms with Crippen LogP contribution in [0.25, 0.3) is 0 Å². The van der Waals surface area contributed by atoms with Gasteiger partial charge in [0.1, 0.15) is 6.04 Å². The maximum absolute atomic E-state index is 13.2. The Morgan fingerprint density at radius 3 is 2.82 bits per heavy atom. The zero-order valence-corrected chi connectivity index (χ0v) is 18.3. The number of carbonyl (C=O) groups is 2. The summed E-state index contributed by atoms with van der Waals surface area (Å²) in [5, 5.41) is 5.26. The van der Waals surface area contributed by atoms with Crippen LogP contribution >= 0.6 is 22.7 Å². The van der Waals surface area contributed by atoms with Crippen LogP contribution in [0, 0.1) is 11.3 Å². The van der Waals surface area contributed by atoms with Gasteiger partial charge in [0.2, 0.25) is 5.91 Å². The number of fused-ring (bicyclic) bond motifs is 1. The molecule has 5 nitrogen and oxygen atoms in total. The van der Waals surface area contributed by atoms with Crippen LogP contribution in [-0.2, 0) is 17.6 Å². The number of hydrogen-bond acceptors (Lipinski definition) is 5. The fraction of sp³-hybridized carbons (Fsp3) is 0.571. The molecule has 28 heavy (non-hydrogen) atoms. The molecule has 2 aromatic rings. The van der Waals surface area contributed by atoms with E-state index < -0.39 is 6.04 Å². The summed E-state index contributed by atoms with van der Waals surface area (Å²) in [6, 6.07) is 1.69. The van der Waals surface area contributed by atoms with E-state index in [1.54, 1.807) is 22.4 Å². The molecule has 0 saturated carbocycles. The van der Waals surface area contributed by atoms with Gasteiger partial charge in [-0.15, -0.1) is 22.7 Å². The molecule has 4 rings (SSSR count). The van der Waals surface area contributed by atoms with Crippen LogP contribution in [0.1, 0.15) is 60.1 Å². The third-order valence-corrected chi connectivity index (χ3v) is 7.91. The van der Waals surface area contributed by atoms with Crippen LogP contribution in [-0.4, -0.2) is 34.3 Å². The van der Waals surface area contributed by atoms with Gasteiger partial charge in [-0.3, -0.25) is 9.59 Å². The molecule has 0 unspecified atom stereocenters. The van der Waals surface area contributed by atoms with E-state index in [1.807, 2.05) is 5.38 Å². The van der Waals surface area contributed by atoms with Crippen LogP contribution in [0.2, 0.25) is 0 Å². The molecule has 150 valence electrons. The standard InChI is InChI=1S/C21H27N3O2S2/c1-21(2,3)14-6-7-16-13(11-14)12-17(28-16)19(26)24-9-4-5-15(24)18(25)23-20-22-8-10-27-20/h8,10,12,14-15H,4-7,9,11H2,1-3H3,(H,22,23,25)/t14-,15-/m0/s1. The van der Waals surface area contributed by atoms with E-state index in [9.17, 15) is 9.59 Å². The van der Waals surface area contributed by atoms with Gasteiger partial charge in [0.25, 0.3) is 5.91 Å². The molecule has 1 saturated heterocycles. The van der Waals surface area contributed by atoms with Crippen molar-refractivity contribution in [1.82, 2.24) is 9.88 Å². The highest BCUT2D eigenvalue weighted by Crippen LogP contribution is 2.40. The first-order valence-electron chi connectivity index (χ1n) is 9.96. The molecule has 1 aliphatic carbocycles. The Kier molecular flexibility index (Phi) is 5.31. The van der Waals surface area contributed by atoms with Crippen LogP contribution < -0.4 is 5.32 Å². The van der Waals surface area contributed by atoms with E-state index in [1.165, 1.54) is 28.2 Å². The Balaban J connectivity index is 1.48. The number of nitrogens with one attached hydrogen (secondary N) is 1. The van der Waals surface area contributed by atoms with Crippen LogP contribution in [0.5, 0.6) is 0 Å². The molecule has 1 fully saturated rings. The minimum absolute atomic E-state index is 0.00324. The van der Waals surface area contributed by atoms with Gasteiger partial charge < -0.3 is 10.2 Å². The molecule has 0 radical (unpaired) electrons. The molecule has 2 aromatic heterocycles. The van der Waals surface area contributed by atoms with Crippen molar-refractivity contribution in [2.24, 2.45) is 11.3 Å². The quantitative estimate of drug-likeness (QED) is 0.794. The van der Waals surface area contributed by atoms with E-state index in [2.05, 4.69) is 37.1 Å². The topological polar surface area (TPSA) is 62.3 Å². The molecular weight excluding hydrogens is 390 g/mol. The molecule has 0 bridgehead atoms. The summed E-state index contributed by atoms with van der Waals surface area (Å²) in [7, 11) is 0. The number of thiazole rings is 1. The van der Waals surface area contributed by atoms with Gasteiger partial charge in [0.05, 0.1) is 4.88 Å². The van der Waals surface area contributed by atoms with Crippen LogP contribution in [0.15, 0.2) is 17.6 Å². The zero-order valence-electron chi connectivity index (χ0n) is 16.7. The summed E-state index contributed by atoms with van der Waals surface area (Å²) in [6.07, 6.45) is 6.53. The van der Waals surface area contributed by atoms with Gasteiger partial charge in [-0.05, 0) is 55.1 Å². The molecule has 0 aromatic carbocycles. The van der Waals surface area contributed by atoms with Gasteiger partial charge in [0, 0.05) is 23.0 Å². The van der Waals surface area contributed by atoms with E-state index in [0.29, 0.717) is 24.0 Å². The highest BCUT2D eigenvalue weighted by Gasteiger charge is 2.36. The Bertz CT molecular complexity index is 867. The fourth-order valence-electron chi connectivity index (χ4n) is 4.27. The second kappa shape index (κ2) is 7.59. The third-order valence-electron chi connectivity index (χ3n) is 6.00. The van der Waals surface area contributed by atoms with Crippen molar-refractivity contribution in [2.75, 3.05) is 11.9 Å². The number of aryl methyl sites for hydroxylation is 1. The predicted octanol–water partition coefficient (Wildman–Crippen LogP) is 4.60. The second-order valence-corrected chi connectivity index (χ2v) is 10.9. The molecule has 1 aliphatic heterocycles. The van der Waals surface area contributed by atoms with E-state index >= 15 is 0 Å². The summed E-state index contributed by atoms with van der Waals surface area (Å²) in [5.41, 5.74) is 1.63. The lowest BCUT2D eigenvalue weighted by Crippen LogP contribution is -2.42. The predicted molar refractivity (Wildman–Crippen MR) is 114 cm³/mol. The van der Waals surface area contributed by atoms with Crippen molar-refractivity contribution in [3.8, 4) is 0 Å². The first-order valence-corrected chi connectivity index (χ1v) is 11.7. The molecule has 2 atom stereocenters. The largest absolute Gasteiger partial charge is 0.326 e. The maximum Gasteiger partial charge on any atom is 0.264 e. The highest BCUT2D eigenvalue weighted by molar-refractivity contribution is 7.14.